The van der Waals surface area contributed by atoms with Crippen molar-refractivity contribution in [2.45, 2.75) is 40.0 Å². The average Bonchev–Trinajstić information content (AvgIpc) is 2.51. The van der Waals surface area contributed by atoms with E-state index in [1.165, 1.54) is 0 Å². The predicted octanol–water partition coefficient (Wildman–Crippen LogP) is 4.20. The van der Waals surface area contributed by atoms with Crippen molar-refractivity contribution in [1.82, 2.24) is 5.32 Å². The average molecular weight is 315 g/mol. The number of para-hydroxylation sites is 1. The molecule has 1 fully saturated rings. The van der Waals surface area contributed by atoms with E-state index in [1.54, 1.807) is 0 Å². The molecule has 1 amide bonds. The Bertz CT molecular complexity index is 536. The Morgan fingerprint density at radius 2 is 2.00 bits per heavy atom. The van der Waals surface area contributed by atoms with E-state index in [0.717, 1.165) is 30.6 Å². The summed E-state index contributed by atoms with van der Waals surface area (Å²) < 4.78 is 5.63. The highest BCUT2D eigenvalue weighted by Crippen LogP contribution is 2.44. The molecule has 0 aliphatic heterocycles. The fourth-order valence-corrected chi connectivity index (χ4v) is 3.44. The van der Waals surface area contributed by atoms with Gasteiger partial charge in [-0.2, -0.15) is 0 Å². The summed E-state index contributed by atoms with van der Waals surface area (Å²) in [5.74, 6) is 1.31. The molecule has 1 saturated carbocycles. The molecular formula is C20H29NO2. The van der Waals surface area contributed by atoms with Gasteiger partial charge in [-0.15, -0.1) is 0 Å². The molecule has 3 nitrogen and oxygen atoms in total. The lowest BCUT2D eigenvalue weighted by Crippen LogP contribution is -2.42. The zero-order chi connectivity index (χ0) is 16.9. The van der Waals surface area contributed by atoms with Crippen molar-refractivity contribution in [3.63, 3.8) is 0 Å². The molecule has 2 rings (SSSR count). The van der Waals surface area contributed by atoms with E-state index in [1.807, 2.05) is 37.3 Å². The van der Waals surface area contributed by atoms with Crippen molar-refractivity contribution < 1.29 is 9.53 Å². The van der Waals surface area contributed by atoms with Gasteiger partial charge in [0.15, 0.2) is 0 Å². The van der Waals surface area contributed by atoms with Crippen LogP contribution in [0.1, 0.15) is 40.0 Å². The molecule has 1 aromatic carbocycles. The van der Waals surface area contributed by atoms with Crippen LogP contribution in [0.4, 0.5) is 0 Å². The molecular weight excluding hydrogens is 286 g/mol. The van der Waals surface area contributed by atoms with Crippen molar-refractivity contribution in [3.05, 3.63) is 42.5 Å². The lowest BCUT2D eigenvalue weighted by Gasteiger charge is -2.40. The van der Waals surface area contributed by atoms with Crippen LogP contribution in [-0.2, 0) is 4.79 Å². The molecule has 1 N–H and O–H groups in total. The summed E-state index contributed by atoms with van der Waals surface area (Å²) in [7, 11) is 0. The number of carbonyl (C=O) groups excluding carboxylic acids is 1. The lowest BCUT2D eigenvalue weighted by molar-refractivity contribution is -0.128. The highest BCUT2D eigenvalue weighted by molar-refractivity contribution is 5.79. The molecule has 1 aliphatic carbocycles. The van der Waals surface area contributed by atoms with Gasteiger partial charge in [0.25, 0.3) is 0 Å². The van der Waals surface area contributed by atoms with Gasteiger partial charge in [0.1, 0.15) is 12.4 Å². The summed E-state index contributed by atoms with van der Waals surface area (Å²) in [4.78, 5) is 12.6. The molecule has 2 unspecified atom stereocenters. The number of benzene rings is 1. The van der Waals surface area contributed by atoms with Crippen molar-refractivity contribution in [2.24, 2.45) is 17.3 Å². The molecule has 2 atom stereocenters. The SMILES string of the molecule is C=C(C)C1CCC(C)(C)CC1C(=O)NCCOc1ccccc1. The van der Waals surface area contributed by atoms with Gasteiger partial charge in [0, 0.05) is 5.92 Å². The third kappa shape index (κ3) is 5.12. The van der Waals surface area contributed by atoms with Crippen LogP contribution in [0.5, 0.6) is 5.75 Å². The first-order valence-corrected chi connectivity index (χ1v) is 8.50. The molecule has 23 heavy (non-hydrogen) atoms. The molecule has 0 bridgehead atoms. The minimum Gasteiger partial charge on any atom is -0.492 e. The Hall–Kier alpha value is -1.77. The van der Waals surface area contributed by atoms with Crippen molar-refractivity contribution >= 4 is 5.91 Å². The summed E-state index contributed by atoms with van der Waals surface area (Å²) in [5, 5.41) is 3.04. The second kappa shape index (κ2) is 7.67. The summed E-state index contributed by atoms with van der Waals surface area (Å²) in [6.45, 7) is 11.7. The van der Waals surface area contributed by atoms with Crippen LogP contribution in [0, 0.1) is 17.3 Å². The molecule has 0 radical (unpaired) electrons. The summed E-state index contributed by atoms with van der Waals surface area (Å²) in [6.07, 6.45) is 3.14. The smallest absolute Gasteiger partial charge is 0.223 e. The Labute approximate surface area is 140 Å². The zero-order valence-electron chi connectivity index (χ0n) is 14.6. The van der Waals surface area contributed by atoms with Gasteiger partial charge in [-0.3, -0.25) is 4.79 Å². The molecule has 0 aromatic heterocycles. The van der Waals surface area contributed by atoms with Crippen LogP contribution in [0.3, 0.4) is 0 Å². The number of hydrogen-bond acceptors (Lipinski definition) is 2. The van der Waals surface area contributed by atoms with Crippen LogP contribution in [-0.4, -0.2) is 19.1 Å². The first-order chi connectivity index (χ1) is 10.9. The number of nitrogens with one attached hydrogen (secondary N) is 1. The Kier molecular flexibility index (Phi) is 5.86. The predicted molar refractivity (Wildman–Crippen MR) is 94.4 cm³/mol. The Balaban J connectivity index is 1.83. The van der Waals surface area contributed by atoms with E-state index in [0.29, 0.717) is 19.1 Å². The molecule has 1 aliphatic rings. The van der Waals surface area contributed by atoms with Crippen LogP contribution in [0.2, 0.25) is 0 Å². The fraction of sp³-hybridized carbons (Fsp3) is 0.550. The Morgan fingerprint density at radius 1 is 1.30 bits per heavy atom. The van der Waals surface area contributed by atoms with E-state index in [4.69, 9.17) is 4.74 Å². The van der Waals surface area contributed by atoms with E-state index in [2.05, 4.69) is 25.7 Å². The van der Waals surface area contributed by atoms with Crippen molar-refractivity contribution in [1.29, 1.82) is 0 Å². The highest BCUT2D eigenvalue weighted by Gasteiger charge is 2.38. The molecule has 1 aromatic rings. The van der Waals surface area contributed by atoms with Crippen LogP contribution in [0.15, 0.2) is 42.5 Å². The number of hydrogen-bond donors (Lipinski definition) is 1. The largest absolute Gasteiger partial charge is 0.492 e. The monoisotopic (exact) mass is 315 g/mol. The molecule has 0 heterocycles. The minimum absolute atomic E-state index is 0.0352. The third-order valence-corrected chi connectivity index (χ3v) is 4.77. The van der Waals surface area contributed by atoms with E-state index >= 15 is 0 Å². The van der Waals surface area contributed by atoms with E-state index in [-0.39, 0.29) is 17.2 Å². The first kappa shape index (κ1) is 17.6. The maximum Gasteiger partial charge on any atom is 0.223 e. The highest BCUT2D eigenvalue weighted by atomic mass is 16.5. The third-order valence-electron chi connectivity index (χ3n) is 4.77. The molecule has 0 spiro atoms. The summed E-state index contributed by atoms with van der Waals surface area (Å²) >= 11 is 0. The summed E-state index contributed by atoms with van der Waals surface area (Å²) in [6, 6.07) is 9.67. The van der Waals surface area contributed by atoms with Crippen LogP contribution in [0.25, 0.3) is 0 Å². The topological polar surface area (TPSA) is 38.3 Å². The van der Waals surface area contributed by atoms with Gasteiger partial charge in [-0.1, -0.05) is 44.2 Å². The first-order valence-electron chi connectivity index (χ1n) is 8.50. The summed E-state index contributed by atoms with van der Waals surface area (Å²) in [5.41, 5.74) is 1.36. The van der Waals surface area contributed by atoms with Crippen molar-refractivity contribution in [2.75, 3.05) is 13.2 Å². The van der Waals surface area contributed by atoms with Gasteiger partial charge in [0.2, 0.25) is 5.91 Å². The van der Waals surface area contributed by atoms with Gasteiger partial charge >= 0.3 is 0 Å². The van der Waals surface area contributed by atoms with Gasteiger partial charge in [-0.25, -0.2) is 0 Å². The van der Waals surface area contributed by atoms with Gasteiger partial charge in [0.05, 0.1) is 6.54 Å². The molecule has 3 heteroatoms. The van der Waals surface area contributed by atoms with E-state index < -0.39 is 0 Å². The number of amides is 1. The normalized spacial score (nSPS) is 23.1. The second-order valence-corrected chi connectivity index (χ2v) is 7.42. The maximum absolute atomic E-state index is 12.6. The Morgan fingerprint density at radius 3 is 2.65 bits per heavy atom. The van der Waals surface area contributed by atoms with Crippen molar-refractivity contribution in [3.8, 4) is 5.75 Å². The fourth-order valence-electron chi connectivity index (χ4n) is 3.44. The maximum atomic E-state index is 12.6. The molecule has 0 saturated heterocycles. The second-order valence-electron chi connectivity index (χ2n) is 7.42. The quantitative estimate of drug-likeness (QED) is 0.631. The van der Waals surface area contributed by atoms with Gasteiger partial charge in [-0.05, 0) is 49.7 Å². The standard InChI is InChI=1S/C20H29NO2/c1-15(2)17-10-11-20(3,4)14-18(17)19(22)21-12-13-23-16-8-6-5-7-9-16/h5-9,17-18H,1,10-14H2,2-4H3,(H,21,22). The lowest BCUT2D eigenvalue weighted by atomic mass is 9.65. The molecule has 126 valence electrons. The number of ether oxygens (including phenoxy) is 1. The number of rotatable bonds is 6. The number of carbonyl (C=O) groups is 1. The number of allylic oxidation sites excluding steroid dienone is 1. The van der Waals surface area contributed by atoms with E-state index in [9.17, 15) is 4.79 Å². The zero-order valence-corrected chi connectivity index (χ0v) is 14.6. The van der Waals surface area contributed by atoms with Gasteiger partial charge < -0.3 is 10.1 Å². The minimum atomic E-state index is 0.0352. The van der Waals surface area contributed by atoms with Crippen LogP contribution >= 0.6 is 0 Å². The van der Waals surface area contributed by atoms with Crippen LogP contribution < -0.4 is 10.1 Å².